The molecule has 0 aliphatic carbocycles. The summed E-state index contributed by atoms with van der Waals surface area (Å²) in [5.41, 5.74) is 1.64. The first-order valence-electron chi connectivity index (χ1n) is 9.72. The summed E-state index contributed by atoms with van der Waals surface area (Å²) in [6.07, 6.45) is 3.07. The van der Waals surface area contributed by atoms with Crippen molar-refractivity contribution in [2.45, 2.75) is 4.90 Å². The van der Waals surface area contributed by atoms with Crippen molar-refractivity contribution in [2.24, 2.45) is 0 Å². The number of benzene rings is 1. The summed E-state index contributed by atoms with van der Waals surface area (Å²) in [7, 11) is -3.71. The summed E-state index contributed by atoms with van der Waals surface area (Å²) < 4.78 is 27.8. The number of aromatic nitrogens is 3. The number of halogens is 1. The Morgan fingerprint density at radius 1 is 1.03 bits per heavy atom. The fourth-order valence-corrected chi connectivity index (χ4v) is 5.68. The minimum absolute atomic E-state index is 0.186. The Balaban J connectivity index is 1.38. The molecule has 5 rings (SSSR count). The number of nitrogens with zero attached hydrogens (tertiary/aromatic N) is 4. The highest BCUT2D eigenvalue weighted by atomic mass is 35.5. The molecule has 1 fully saturated rings. The third-order valence-electron chi connectivity index (χ3n) is 5.47. The minimum Gasteiger partial charge on any atom is -0.345 e. The van der Waals surface area contributed by atoms with Gasteiger partial charge in [-0.3, -0.25) is 4.79 Å². The van der Waals surface area contributed by atoms with Crippen molar-refractivity contribution in [1.29, 1.82) is 0 Å². The van der Waals surface area contributed by atoms with Crippen molar-refractivity contribution < 1.29 is 13.2 Å². The highest BCUT2D eigenvalue weighted by Crippen LogP contribution is 2.26. The first kappa shape index (κ1) is 19.9. The van der Waals surface area contributed by atoms with E-state index in [1.54, 1.807) is 35.4 Å². The van der Waals surface area contributed by atoms with Crippen LogP contribution in [0.4, 0.5) is 0 Å². The largest absolute Gasteiger partial charge is 0.345 e. The van der Waals surface area contributed by atoms with Crippen LogP contribution in [0.3, 0.4) is 0 Å². The average Bonchev–Trinajstić information content (AvgIpc) is 3.23. The number of rotatable bonds is 3. The molecule has 1 aromatic carbocycles. The zero-order chi connectivity index (χ0) is 21.6. The summed E-state index contributed by atoms with van der Waals surface area (Å²) in [5, 5.41) is 1.52. The lowest BCUT2D eigenvalue weighted by Crippen LogP contribution is -2.50. The van der Waals surface area contributed by atoms with Gasteiger partial charge in [0.05, 0.1) is 11.1 Å². The summed E-state index contributed by atoms with van der Waals surface area (Å²) in [4.78, 5) is 26.4. The lowest BCUT2D eigenvalue weighted by molar-refractivity contribution is 0.0700. The highest BCUT2D eigenvalue weighted by molar-refractivity contribution is 7.89. The highest BCUT2D eigenvalue weighted by Gasteiger charge is 2.32. The first-order chi connectivity index (χ1) is 14.9. The van der Waals surface area contributed by atoms with Crippen LogP contribution in [0.2, 0.25) is 5.15 Å². The van der Waals surface area contributed by atoms with E-state index in [4.69, 9.17) is 11.6 Å². The molecule has 1 N–H and O–H groups in total. The van der Waals surface area contributed by atoms with Gasteiger partial charge in [-0.2, -0.15) is 4.31 Å². The predicted molar refractivity (Wildman–Crippen MR) is 118 cm³/mol. The Labute approximate surface area is 183 Å². The average molecular weight is 456 g/mol. The molecule has 1 aliphatic rings. The monoisotopic (exact) mass is 455 g/mol. The third-order valence-corrected chi connectivity index (χ3v) is 7.60. The number of carbonyl (C=O) groups is 1. The van der Waals surface area contributed by atoms with Crippen LogP contribution in [0.1, 0.15) is 10.4 Å². The zero-order valence-electron chi connectivity index (χ0n) is 16.3. The minimum atomic E-state index is -3.71. The van der Waals surface area contributed by atoms with Crippen molar-refractivity contribution in [1.82, 2.24) is 24.2 Å². The van der Waals surface area contributed by atoms with E-state index in [-0.39, 0.29) is 42.1 Å². The quantitative estimate of drug-likeness (QED) is 0.479. The smallest absolute Gasteiger partial charge is 0.254 e. The Kier molecular flexibility index (Phi) is 4.88. The molecule has 0 atom stereocenters. The van der Waals surface area contributed by atoms with Gasteiger partial charge in [0.15, 0.2) is 0 Å². The molecular formula is C21H18ClN5O3S. The number of aromatic amines is 1. The Morgan fingerprint density at radius 2 is 1.77 bits per heavy atom. The van der Waals surface area contributed by atoms with Crippen molar-refractivity contribution in [3.63, 3.8) is 0 Å². The van der Waals surface area contributed by atoms with Crippen LogP contribution in [0.5, 0.6) is 0 Å². The second-order valence-electron chi connectivity index (χ2n) is 7.26. The van der Waals surface area contributed by atoms with Gasteiger partial charge >= 0.3 is 0 Å². The summed E-state index contributed by atoms with van der Waals surface area (Å²) in [5.74, 6) is -0.186. The molecule has 1 saturated heterocycles. The molecule has 8 nitrogen and oxygen atoms in total. The van der Waals surface area contributed by atoms with E-state index in [1.807, 2.05) is 18.2 Å². The Hall–Kier alpha value is -3.01. The Morgan fingerprint density at radius 3 is 2.58 bits per heavy atom. The maximum absolute atomic E-state index is 13.2. The number of sulfonamides is 1. The van der Waals surface area contributed by atoms with Crippen molar-refractivity contribution in [3.8, 4) is 0 Å². The molecule has 158 valence electrons. The van der Waals surface area contributed by atoms with Crippen LogP contribution in [0.25, 0.3) is 21.9 Å². The van der Waals surface area contributed by atoms with Gasteiger partial charge in [-0.25, -0.2) is 18.4 Å². The molecular weight excluding hydrogens is 438 g/mol. The number of para-hydroxylation sites is 1. The van der Waals surface area contributed by atoms with Gasteiger partial charge in [0.2, 0.25) is 10.0 Å². The number of fused-ring (bicyclic) bond motifs is 2. The van der Waals surface area contributed by atoms with Gasteiger partial charge in [-0.05, 0) is 24.3 Å². The van der Waals surface area contributed by atoms with E-state index >= 15 is 0 Å². The molecule has 0 saturated carbocycles. The maximum Gasteiger partial charge on any atom is 0.254 e. The lowest BCUT2D eigenvalue weighted by atomic mass is 10.1. The zero-order valence-corrected chi connectivity index (χ0v) is 17.9. The maximum atomic E-state index is 13.2. The standard InChI is InChI=1S/C21H18ClN5O3S/c22-19-12-16(14-4-1-2-6-17(14)25-19)21(28)26-8-10-27(11-9-26)31(29,30)18-13-24-20-15(18)5-3-7-23-20/h1-7,12-13H,8-11H2,(H,23,24). The van der Waals surface area contributed by atoms with E-state index in [0.717, 1.165) is 5.39 Å². The molecule has 3 aromatic heterocycles. The molecule has 0 bridgehead atoms. The Bertz CT molecular complexity index is 1410. The molecule has 0 radical (unpaired) electrons. The number of piperazine rings is 1. The number of hydrogen-bond donors (Lipinski definition) is 1. The second kappa shape index (κ2) is 7.60. The van der Waals surface area contributed by atoms with Crippen LogP contribution < -0.4 is 0 Å². The topological polar surface area (TPSA) is 99.3 Å². The number of amides is 1. The molecule has 4 aromatic rings. The predicted octanol–water partition coefficient (Wildman–Crippen LogP) is 2.91. The fraction of sp³-hybridized carbons (Fsp3) is 0.190. The molecule has 1 amide bonds. The summed E-state index contributed by atoms with van der Waals surface area (Å²) in [6.45, 7) is 0.982. The van der Waals surface area contributed by atoms with Gasteiger partial charge in [-0.15, -0.1) is 0 Å². The van der Waals surface area contributed by atoms with E-state index in [1.165, 1.54) is 10.5 Å². The normalized spacial score (nSPS) is 15.6. The lowest BCUT2D eigenvalue weighted by Gasteiger charge is -2.34. The SMILES string of the molecule is O=C(c1cc(Cl)nc2ccccc12)N1CCN(S(=O)(=O)c2c[nH]c3ncccc23)CC1. The van der Waals surface area contributed by atoms with Gasteiger partial charge in [0.1, 0.15) is 15.7 Å². The third kappa shape index (κ3) is 3.44. The number of hydrogen-bond acceptors (Lipinski definition) is 5. The molecule has 1 aliphatic heterocycles. The van der Waals surface area contributed by atoms with Crippen LogP contribution in [-0.4, -0.2) is 64.7 Å². The molecule has 4 heterocycles. The van der Waals surface area contributed by atoms with E-state index in [0.29, 0.717) is 22.1 Å². The second-order valence-corrected chi connectivity index (χ2v) is 9.55. The number of pyridine rings is 2. The van der Waals surface area contributed by atoms with Crippen LogP contribution in [0.15, 0.2) is 59.8 Å². The van der Waals surface area contributed by atoms with Crippen LogP contribution in [0, 0.1) is 0 Å². The van der Waals surface area contributed by atoms with Gasteiger partial charge in [-0.1, -0.05) is 29.8 Å². The van der Waals surface area contributed by atoms with Crippen molar-refractivity contribution >= 4 is 49.5 Å². The van der Waals surface area contributed by atoms with E-state index in [2.05, 4.69) is 15.0 Å². The first-order valence-corrected chi connectivity index (χ1v) is 11.5. The van der Waals surface area contributed by atoms with Gasteiger partial charge < -0.3 is 9.88 Å². The van der Waals surface area contributed by atoms with Gasteiger partial charge in [0, 0.05) is 49.3 Å². The number of carbonyl (C=O) groups excluding carboxylic acids is 1. The van der Waals surface area contributed by atoms with E-state index < -0.39 is 10.0 Å². The van der Waals surface area contributed by atoms with Crippen LogP contribution in [-0.2, 0) is 10.0 Å². The van der Waals surface area contributed by atoms with Crippen molar-refractivity contribution in [2.75, 3.05) is 26.2 Å². The summed E-state index contributed by atoms with van der Waals surface area (Å²) >= 11 is 6.12. The van der Waals surface area contributed by atoms with Crippen LogP contribution >= 0.6 is 11.6 Å². The van der Waals surface area contributed by atoms with Crippen molar-refractivity contribution in [3.05, 3.63) is 65.6 Å². The molecule has 0 spiro atoms. The van der Waals surface area contributed by atoms with Gasteiger partial charge in [0.25, 0.3) is 5.91 Å². The van der Waals surface area contributed by atoms with E-state index in [9.17, 15) is 13.2 Å². The summed E-state index contributed by atoms with van der Waals surface area (Å²) in [6, 6.07) is 12.3. The number of nitrogens with one attached hydrogen (secondary N) is 1. The fourth-order valence-electron chi connectivity index (χ4n) is 3.91. The molecule has 10 heteroatoms. The molecule has 0 unspecified atom stereocenters. The molecule has 31 heavy (non-hydrogen) atoms. The number of H-pyrrole nitrogens is 1.